The third-order valence-electron chi connectivity index (χ3n) is 3.76. The first-order valence-electron chi connectivity index (χ1n) is 6.01. The van der Waals surface area contributed by atoms with E-state index >= 15 is 0 Å². The molecule has 3 heteroatoms. The highest BCUT2D eigenvalue weighted by Gasteiger charge is 2.38. The molecular formula is C12H19NO2. The standard InChI is InChI=1S/C12H19NO2/c1-9(14)13-8-7-11(13)12(15)10-5-3-2-4-6-10/h10-11H,2-8H2,1H3. The molecule has 1 unspecified atom stereocenters. The molecule has 3 nitrogen and oxygen atoms in total. The third kappa shape index (κ3) is 2.06. The van der Waals surface area contributed by atoms with Gasteiger partial charge in [-0.3, -0.25) is 9.59 Å². The van der Waals surface area contributed by atoms with Gasteiger partial charge in [0.15, 0.2) is 5.78 Å². The van der Waals surface area contributed by atoms with Crippen molar-refractivity contribution in [2.45, 2.75) is 51.5 Å². The summed E-state index contributed by atoms with van der Waals surface area (Å²) < 4.78 is 0. The van der Waals surface area contributed by atoms with Crippen molar-refractivity contribution in [2.24, 2.45) is 5.92 Å². The van der Waals surface area contributed by atoms with Crippen LogP contribution in [-0.2, 0) is 9.59 Å². The molecule has 2 rings (SSSR count). The maximum absolute atomic E-state index is 12.1. The number of hydrogen-bond donors (Lipinski definition) is 0. The van der Waals surface area contributed by atoms with Gasteiger partial charge in [-0.1, -0.05) is 19.3 Å². The highest BCUT2D eigenvalue weighted by molar-refractivity contribution is 5.91. The number of rotatable bonds is 2. The van der Waals surface area contributed by atoms with E-state index in [2.05, 4.69) is 0 Å². The van der Waals surface area contributed by atoms with Crippen LogP contribution in [0.4, 0.5) is 0 Å². The summed E-state index contributed by atoms with van der Waals surface area (Å²) in [5.74, 6) is 0.623. The van der Waals surface area contributed by atoms with E-state index in [-0.39, 0.29) is 17.9 Å². The molecule has 0 aromatic heterocycles. The zero-order valence-electron chi connectivity index (χ0n) is 9.37. The summed E-state index contributed by atoms with van der Waals surface area (Å²) >= 11 is 0. The van der Waals surface area contributed by atoms with Crippen LogP contribution in [0.1, 0.15) is 45.4 Å². The summed E-state index contributed by atoms with van der Waals surface area (Å²) in [5, 5.41) is 0. The first-order valence-corrected chi connectivity index (χ1v) is 6.01. The van der Waals surface area contributed by atoms with E-state index in [9.17, 15) is 9.59 Å². The minimum absolute atomic E-state index is 0.0513. The van der Waals surface area contributed by atoms with Crippen LogP contribution in [0.3, 0.4) is 0 Å². The van der Waals surface area contributed by atoms with Gasteiger partial charge >= 0.3 is 0 Å². The summed E-state index contributed by atoms with van der Waals surface area (Å²) in [7, 11) is 0. The highest BCUT2D eigenvalue weighted by Crippen LogP contribution is 2.29. The average molecular weight is 209 g/mol. The Hall–Kier alpha value is -0.860. The smallest absolute Gasteiger partial charge is 0.220 e. The molecule has 1 heterocycles. The summed E-state index contributed by atoms with van der Waals surface area (Å²) in [6.45, 7) is 2.33. The molecule has 0 spiro atoms. The van der Waals surface area contributed by atoms with Gasteiger partial charge in [-0.25, -0.2) is 0 Å². The van der Waals surface area contributed by atoms with Crippen LogP contribution in [0.2, 0.25) is 0 Å². The van der Waals surface area contributed by atoms with Crippen molar-refractivity contribution in [1.82, 2.24) is 4.90 Å². The van der Waals surface area contributed by atoms with E-state index in [4.69, 9.17) is 0 Å². The Morgan fingerprint density at radius 1 is 1.07 bits per heavy atom. The number of amides is 1. The molecule has 1 aliphatic heterocycles. The largest absolute Gasteiger partial charge is 0.333 e. The summed E-state index contributed by atoms with van der Waals surface area (Å²) in [4.78, 5) is 25.0. The Morgan fingerprint density at radius 2 is 1.73 bits per heavy atom. The van der Waals surface area contributed by atoms with Gasteiger partial charge in [0.05, 0.1) is 6.04 Å². The van der Waals surface area contributed by atoms with Gasteiger partial charge < -0.3 is 4.90 Å². The Morgan fingerprint density at radius 3 is 2.20 bits per heavy atom. The number of hydrogen-bond acceptors (Lipinski definition) is 2. The zero-order chi connectivity index (χ0) is 10.8. The van der Waals surface area contributed by atoms with Gasteiger partial charge in [0, 0.05) is 19.4 Å². The number of Topliss-reactive ketones (excluding diaryl/α,β-unsaturated/α-hetero) is 1. The highest BCUT2D eigenvalue weighted by atomic mass is 16.2. The van der Waals surface area contributed by atoms with Crippen LogP contribution in [-0.4, -0.2) is 29.2 Å². The second-order valence-corrected chi connectivity index (χ2v) is 4.75. The Labute approximate surface area is 90.8 Å². The van der Waals surface area contributed by atoms with Crippen LogP contribution in [0.25, 0.3) is 0 Å². The fourth-order valence-corrected chi connectivity index (χ4v) is 2.72. The van der Waals surface area contributed by atoms with E-state index in [1.165, 1.54) is 19.3 Å². The molecule has 15 heavy (non-hydrogen) atoms. The second kappa shape index (κ2) is 4.33. The number of likely N-dealkylation sites (tertiary alicyclic amines) is 1. The summed E-state index contributed by atoms with van der Waals surface area (Å²) in [6, 6.07) is -0.0781. The molecule has 0 bridgehead atoms. The molecule has 1 saturated heterocycles. The van der Waals surface area contributed by atoms with Crippen LogP contribution in [0.5, 0.6) is 0 Å². The van der Waals surface area contributed by atoms with Gasteiger partial charge in [-0.2, -0.15) is 0 Å². The van der Waals surface area contributed by atoms with Crippen molar-refractivity contribution in [2.75, 3.05) is 6.54 Å². The fraction of sp³-hybridized carbons (Fsp3) is 0.833. The van der Waals surface area contributed by atoms with E-state index in [0.717, 1.165) is 25.8 Å². The monoisotopic (exact) mass is 209 g/mol. The van der Waals surface area contributed by atoms with Gasteiger partial charge in [0.1, 0.15) is 0 Å². The zero-order valence-corrected chi connectivity index (χ0v) is 9.37. The molecule has 1 amide bonds. The number of carbonyl (C=O) groups is 2. The Bertz CT molecular complexity index is 269. The lowest BCUT2D eigenvalue weighted by Gasteiger charge is -2.41. The Kier molecular flexibility index (Phi) is 3.08. The average Bonchev–Trinajstić information content (AvgIpc) is 2.16. The Balaban J connectivity index is 1.92. The maximum Gasteiger partial charge on any atom is 0.220 e. The molecule has 0 radical (unpaired) electrons. The molecule has 0 aromatic rings. The molecular weight excluding hydrogens is 190 g/mol. The second-order valence-electron chi connectivity index (χ2n) is 4.75. The van der Waals surface area contributed by atoms with Crippen molar-refractivity contribution in [3.8, 4) is 0 Å². The molecule has 0 aromatic carbocycles. The van der Waals surface area contributed by atoms with Crippen molar-refractivity contribution >= 4 is 11.7 Å². The molecule has 1 atom stereocenters. The van der Waals surface area contributed by atoms with E-state index in [0.29, 0.717) is 5.78 Å². The number of ketones is 1. The molecule has 0 N–H and O–H groups in total. The lowest BCUT2D eigenvalue weighted by atomic mass is 9.81. The molecule has 2 aliphatic rings. The van der Waals surface area contributed by atoms with Gasteiger partial charge in [0.2, 0.25) is 5.91 Å². The quantitative estimate of drug-likeness (QED) is 0.695. The minimum atomic E-state index is -0.0781. The molecule has 1 aliphatic carbocycles. The van der Waals surface area contributed by atoms with Crippen molar-refractivity contribution in [1.29, 1.82) is 0 Å². The van der Waals surface area contributed by atoms with Gasteiger partial charge in [0.25, 0.3) is 0 Å². The lowest BCUT2D eigenvalue weighted by molar-refractivity contribution is -0.147. The van der Waals surface area contributed by atoms with Gasteiger partial charge in [-0.05, 0) is 19.3 Å². The van der Waals surface area contributed by atoms with Crippen LogP contribution in [0.15, 0.2) is 0 Å². The van der Waals surface area contributed by atoms with Crippen LogP contribution in [0, 0.1) is 5.92 Å². The third-order valence-corrected chi connectivity index (χ3v) is 3.76. The number of nitrogens with zero attached hydrogens (tertiary/aromatic N) is 1. The summed E-state index contributed by atoms with van der Waals surface area (Å²) in [5.41, 5.74) is 0. The topological polar surface area (TPSA) is 37.4 Å². The van der Waals surface area contributed by atoms with Crippen molar-refractivity contribution in [3.63, 3.8) is 0 Å². The first kappa shape index (κ1) is 10.7. The first-order chi connectivity index (χ1) is 7.20. The van der Waals surface area contributed by atoms with E-state index in [1.54, 1.807) is 11.8 Å². The van der Waals surface area contributed by atoms with E-state index < -0.39 is 0 Å². The van der Waals surface area contributed by atoms with Crippen LogP contribution >= 0.6 is 0 Å². The SMILES string of the molecule is CC(=O)N1CCC1C(=O)C1CCCCC1. The van der Waals surface area contributed by atoms with E-state index in [1.807, 2.05) is 0 Å². The lowest BCUT2D eigenvalue weighted by Crippen LogP contribution is -2.56. The predicted molar refractivity (Wildman–Crippen MR) is 57.4 cm³/mol. The van der Waals surface area contributed by atoms with Crippen molar-refractivity contribution < 1.29 is 9.59 Å². The van der Waals surface area contributed by atoms with Crippen LogP contribution < -0.4 is 0 Å². The fourth-order valence-electron chi connectivity index (χ4n) is 2.72. The molecule has 1 saturated carbocycles. The molecule has 84 valence electrons. The predicted octanol–water partition coefficient (Wildman–Crippen LogP) is 1.76. The van der Waals surface area contributed by atoms with Gasteiger partial charge in [-0.15, -0.1) is 0 Å². The minimum Gasteiger partial charge on any atom is -0.333 e. The maximum atomic E-state index is 12.1. The summed E-state index contributed by atoms with van der Waals surface area (Å²) in [6.07, 6.45) is 6.61. The number of carbonyl (C=O) groups excluding carboxylic acids is 2. The molecule has 2 fully saturated rings. The normalized spacial score (nSPS) is 27.3. The van der Waals surface area contributed by atoms with Crippen molar-refractivity contribution in [3.05, 3.63) is 0 Å².